The van der Waals surface area contributed by atoms with Crippen LogP contribution in [-0.2, 0) is 19.2 Å². The van der Waals surface area contributed by atoms with Gasteiger partial charge in [0, 0.05) is 18.8 Å². The van der Waals surface area contributed by atoms with E-state index in [2.05, 4.69) is 38.1 Å². The van der Waals surface area contributed by atoms with Gasteiger partial charge < -0.3 is 25.0 Å². The number of hydrogen-bond donors (Lipinski definition) is 2. The molecule has 270 valence electrons. The fourth-order valence-electron chi connectivity index (χ4n) is 4.98. The first kappa shape index (κ1) is 46.4. The molecule has 2 unspecified atom stereocenters. The zero-order chi connectivity index (χ0) is 33.8. The lowest BCUT2D eigenvalue weighted by molar-refractivity contribution is -0.143. The standard InChI is InChI=1S/C33H65NO4S.C4H12N2/c1-5-7-9-11-14-18-22-31(21-17-10-8-6-2)29-38-34-32(28-35)23-26-39-27-24-33(36)37-25-19-15-12-13-16-20-30(3)4;1-6(2)4-3-5/h28,30-32,34H,5-27,29H2,1-4H3;3-5H2,1-2H3. The maximum Gasteiger partial charge on any atom is 0.306 e. The number of carbonyl (C=O) groups is 2. The van der Waals surface area contributed by atoms with Crippen LogP contribution in [0.1, 0.15) is 156 Å². The van der Waals surface area contributed by atoms with Gasteiger partial charge in [0.05, 0.1) is 25.7 Å². The maximum atomic E-state index is 11.9. The fourth-order valence-corrected chi connectivity index (χ4v) is 5.92. The SMILES string of the molecule is CCCCCCCCC(CCCCCC)CONC(C=O)CCSCCC(=O)OCCCCCCCC(C)C.CN(C)CCN. The molecule has 0 spiro atoms. The number of nitrogens with zero attached hydrogens (tertiary/aromatic N) is 1. The van der Waals surface area contributed by atoms with E-state index in [4.69, 9.17) is 15.3 Å². The first-order chi connectivity index (χ1) is 21.8. The zero-order valence-electron chi connectivity index (χ0n) is 30.8. The predicted molar refractivity (Wildman–Crippen MR) is 197 cm³/mol. The Bertz CT molecular complexity index is 610. The van der Waals surface area contributed by atoms with Crippen molar-refractivity contribution in [2.45, 2.75) is 162 Å². The van der Waals surface area contributed by atoms with Crippen LogP contribution in [0.5, 0.6) is 0 Å². The van der Waals surface area contributed by atoms with E-state index in [1.54, 1.807) is 11.8 Å². The van der Waals surface area contributed by atoms with Gasteiger partial charge in [-0.05, 0) is 57.4 Å². The molecule has 0 saturated heterocycles. The van der Waals surface area contributed by atoms with E-state index in [1.807, 2.05) is 14.1 Å². The van der Waals surface area contributed by atoms with Gasteiger partial charge in [0.25, 0.3) is 0 Å². The number of ether oxygens (including phenoxy) is 1. The van der Waals surface area contributed by atoms with Crippen LogP contribution in [-0.4, -0.2) is 75.1 Å². The molecule has 7 nitrogen and oxygen atoms in total. The van der Waals surface area contributed by atoms with E-state index in [0.717, 1.165) is 49.6 Å². The molecule has 0 aliphatic heterocycles. The normalized spacial score (nSPS) is 12.6. The van der Waals surface area contributed by atoms with Crippen molar-refractivity contribution < 1.29 is 19.2 Å². The summed E-state index contributed by atoms with van der Waals surface area (Å²) in [5.74, 6) is 2.81. The third-order valence-electron chi connectivity index (χ3n) is 7.94. The number of esters is 1. The lowest BCUT2D eigenvalue weighted by atomic mass is 9.95. The van der Waals surface area contributed by atoms with Crippen molar-refractivity contribution in [3.8, 4) is 0 Å². The van der Waals surface area contributed by atoms with Crippen molar-refractivity contribution in [3.05, 3.63) is 0 Å². The lowest BCUT2D eigenvalue weighted by Gasteiger charge is -2.19. The molecule has 2 atom stereocenters. The van der Waals surface area contributed by atoms with E-state index in [-0.39, 0.29) is 12.0 Å². The monoisotopic (exact) mass is 660 g/mol. The van der Waals surface area contributed by atoms with Gasteiger partial charge in [-0.3, -0.25) is 4.79 Å². The molecule has 0 amide bonds. The van der Waals surface area contributed by atoms with Crippen molar-refractivity contribution >= 4 is 24.0 Å². The van der Waals surface area contributed by atoms with E-state index >= 15 is 0 Å². The molecule has 0 saturated carbocycles. The Morgan fingerprint density at radius 1 is 0.800 bits per heavy atom. The van der Waals surface area contributed by atoms with Crippen molar-refractivity contribution in [2.75, 3.05) is 51.9 Å². The molecular formula is C37H77N3O4S. The van der Waals surface area contributed by atoms with Crippen LogP contribution in [0, 0.1) is 11.8 Å². The molecule has 8 heteroatoms. The highest BCUT2D eigenvalue weighted by Crippen LogP contribution is 2.19. The van der Waals surface area contributed by atoms with E-state index in [9.17, 15) is 9.59 Å². The minimum absolute atomic E-state index is 0.106. The van der Waals surface area contributed by atoms with Crippen LogP contribution in [0.3, 0.4) is 0 Å². The number of nitrogens with two attached hydrogens (primary N) is 1. The van der Waals surface area contributed by atoms with Crippen LogP contribution >= 0.6 is 11.8 Å². The summed E-state index contributed by atoms with van der Waals surface area (Å²) in [4.78, 5) is 31.4. The van der Waals surface area contributed by atoms with Crippen molar-refractivity contribution in [1.82, 2.24) is 10.4 Å². The van der Waals surface area contributed by atoms with Crippen LogP contribution < -0.4 is 11.2 Å². The molecule has 0 bridgehead atoms. The van der Waals surface area contributed by atoms with Gasteiger partial charge in [0.2, 0.25) is 0 Å². The first-order valence-electron chi connectivity index (χ1n) is 18.7. The summed E-state index contributed by atoms with van der Waals surface area (Å²) in [6, 6.07) is -0.292. The fraction of sp³-hybridized carbons (Fsp3) is 0.946. The predicted octanol–water partition coefficient (Wildman–Crippen LogP) is 8.97. The molecule has 0 rings (SSSR count). The highest BCUT2D eigenvalue weighted by atomic mass is 32.2. The van der Waals surface area contributed by atoms with Crippen molar-refractivity contribution in [1.29, 1.82) is 0 Å². The first-order valence-corrected chi connectivity index (χ1v) is 19.9. The molecule has 0 radical (unpaired) electrons. The number of hydrogen-bond acceptors (Lipinski definition) is 8. The number of likely N-dealkylation sites (N-methyl/N-ethyl adjacent to an activating group) is 1. The van der Waals surface area contributed by atoms with Crippen LogP contribution in [0.4, 0.5) is 0 Å². The average Bonchev–Trinajstić information content (AvgIpc) is 3.00. The van der Waals surface area contributed by atoms with Crippen molar-refractivity contribution in [3.63, 3.8) is 0 Å². The number of nitrogens with one attached hydrogen (secondary N) is 1. The van der Waals surface area contributed by atoms with E-state index in [1.165, 1.54) is 103 Å². The van der Waals surface area contributed by atoms with Crippen LogP contribution in [0.15, 0.2) is 0 Å². The minimum Gasteiger partial charge on any atom is -0.466 e. The molecule has 0 aromatic heterocycles. The minimum atomic E-state index is -0.292. The molecule has 0 aromatic rings. The average molecular weight is 660 g/mol. The number of rotatable bonds is 33. The molecule has 0 aromatic carbocycles. The number of unbranched alkanes of at least 4 members (excludes halogenated alkanes) is 12. The molecule has 0 aliphatic rings. The van der Waals surface area contributed by atoms with Crippen LogP contribution in [0.2, 0.25) is 0 Å². The second kappa shape index (κ2) is 37.8. The van der Waals surface area contributed by atoms with Gasteiger partial charge in [0.15, 0.2) is 0 Å². The molecule has 3 N–H and O–H groups in total. The summed E-state index contributed by atoms with van der Waals surface area (Å²) in [5.41, 5.74) is 8.19. The zero-order valence-corrected chi connectivity index (χ0v) is 31.6. The Morgan fingerprint density at radius 2 is 1.36 bits per heavy atom. The number of aldehydes is 1. The summed E-state index contributed by atoms with van der Waals surface area (Å²) in [7, 11) is 4.01. The largest absolute Gasteiger partial charge is 0.466 e. The smallest absolute Gasteiger partial charge is 0.306 e. The Balaban J connectivity index is 0. The summed E-state index contributed by atoms with van der Waals surface area (Å²) in [6.45, 7) is 12.0. The molecule has 0 aliphatic carbocycles. The van der Waals surface area contributed by atoms with Gasteiger partial charge in [-0.25, -0.2) is 0 Å². The maximum absolute atomic E-state index is 11.9. The van der Waals surface area contributed by atoms with Gasteiger partial charge in [-0.15, -0.1) is 0 Å². The van der Waals surface area contributed by atoms with Gasteiger partial charge >= 0.3 is 5.97 Å². The number of hydroxylamine groups is 1. The molecule has 0 heterocycles. The summed E-state index contributed by atoms with van der Waals surface area (Å²) < 4.78 is 5.36. The molecule has 0 fully saturated rings. The Hall–Kier alpha value is -0.670. The van der Waals surface area contributed by atoms with Crippen molar-refractivity contribution in [2.24, 2.45) is 17.6 Å². The quantitative estimate of drug-likeness (QED) is 0.0312. The third kappa shape index (κ3) is 39.4. The summed E-state index contributed by atoms with van der Waals surface area (Å²) in [6.07, 6.45) is 24.8. The molecular weight excluding hydrogens is 582 g/mol. The summed E-state index contributed by atoms with van der Waals surface area (Å²) in [5, 5.41) is 0. The Morgan fingerprint density at radius 3 is 1.89 bits per heavy atom. The second-order valence-electron chi connectivity index (χ2n) is 13.4. The van der Waals surface area contributed by atoms with Gasteiger partial charge in [-0.2, -0.15) is 17.2 Å². The lowest BCUT2D eigenvalue weighted by Crippen LogP contribution is -2.33. The topological polar surface area (TPSA) is 93.9 Å². The second-order valence-corrected chi connectivity index (χ2v) is 14.6. The van der Waals surface area contributed by atoms with Crippen LogP contribution in [0.25, 0.3) is 0 Å². The summed E-state index contributed by atoms with van der Waals surface area (Å²) >= 11 is 1.70. The van der Waals surface area contributed by atoms with Gasteiger partial charge in [0.1, 0.15) is 6.29 Å². The number of carbonyl (C=O) groups excluding carboxylic acids is 2. The highest BCUT2D eigenvalue weighted by Gasteiger charge is 2.12. The molecule has 45 heavy (non-hydrogen) atoms. The van der Waals surface area contributed by atoms with E-state index < -0.39 is 0 Å². The number of thioether (sulfide) groups is 1. The Labute approximate surface area is 284 Å². The Kier molecular flexibility index (Phi) is 39.0. The van der Waals surface area contributed by atoms with Gasteiger partial charge in [-0.1, -0.05) is 124 Å². The van der Waals surface area contributed by atoms with E-state index in [0.29, 0.717) is 32.0 Å². The third-order valence-corrected chi connectivity index (χ3v) is 8.96. The highest BCUT2D eigenvalue weighted by molar-refractivity contribution is 7.99.